The molecular weight excluding hydrogens is 594 g/mol. The van der Waals surface area contributed by atoms with Crippen LogP contribution in [0.5, 0.6) is 5.75 Å². The lowest BCUT2D eigenvalue weighted by molar-refractivity contribution is -0.126. The molecule has 2 aromatic carbocycles. The third-order valence-corrected chi connectivity index (χ3v) is 8.68. The summed E-state index contributed by atoms with van der Waals surface area (Å²) in [4.78, 5) is 44.7. The highest BCUT2D eigenvalue weighted by molar-refractivity contribution is 6.34. The fourth-order valence-electron chi connectivity index (χ4n) is 5.70. The minimum atomic E-state index is -1.14. The van der Waals surface area contributed by atoms with Crippen molar-refractivity contribution in [1.82, 2.24) is 25.1 Å². The summed E-state index contributed by atoms with van der Waals surface area (Å²) in [5.74, 6) is -2.96. The molecule has 0 unspecified atom stereocenters. The van der Waals surface area contributed by atoms with Crippen LogP contribution in [-0.4, -0.2) is 72.0 Å². The van der Waals surface area contributed by atoms with Gasteiger partial charge in [0.25, 0.3) is 11.8 Å². The quantitative estimate of drug-likeness (QED) is 0.344. The van der Waals surface area contributed by atoms with Crippen molar-refractivity contribution < 1.29 is 27.9 Å². The largest absolute Gasteiger partial charge is 0.494 e. The molecule has 3 N–H and O–H groups in total. The molecule has 3 amide bonds. The second-order valence-electron chi connectivity index (χ2n) is 11.1. The predicted octanol–water partition coefficient (Wildman–Crippen LogP) is 4.25. The highest BCUT2D eigenvalue weighted by atomic mass is 35.5. The van der Waals surface area contributed by atoms with Crippen molar-refractivity contribution >= 4 is 35.0 Å². The Balaban J connectivity index is 1.17. The molecule has 2 fully saturated rings. The number of carbonyl (C=O) groups excluding carboxylic acids is 3. The van der Waals surface area contributed by atoms with E-state index >= 15 is 0 Å². The van der Waals surface area contributed by atoms with Gasteiger partial charge in [0.2, 0.25) is 11.7 Å². The summed E-state index contributed by atoms with van der Waals surface area (Å²) in [6.07, 6.45) is 4.56. The van der Waals surface area contributed by atoms with Gasteiger partial charge in [-0.2, -0.15) is 4.39 Å². The molecule has 3 aromatic rings. The number of methoxy groups -OCH3 is 1. The SMILES string of the molecule is COc1ccc(-c2cnc(C(=O)Nc3ccc(C(=O)N4CCC(C(=O)NCC5CCNCC5)CC4)c(Cl)c3)n2C)c(F)c1F. The number of benzene rings is 2. The normalized spacial score (nSPS) is 16.1. The van der Waals surface area contributed by atoms with E-state index in [4.69, 9.17) is 16.3 Å². The van der Waals surface area contributed by atoms with Crippen LogP contribution in [0.25, 0.3) is 11.3 Å². The van der Waals surface area contributed by atoms with Crippen LogP contribution in [0.3, 0.4) is 0 Å². The lowest BCUT2D eigenvalue weighted by atomic mass is 9.94. The van der Waals surface area contributed by atoms with E-state index in [1.807, 2.05) is 0 Å². The Hall–Kier alpha value is -4.03. The first kappa shape index (κ1) is 31.4. The number of nitrogens with one attached hydrogen (secondary N) is 3. The van der Waals surface area contributed by atoms with Gasteiger partial charge in [-0.3, -0.25) is 14.4 Å². The Labute approximate surface area is 259 Å². The first-order valence-corrected chi connectivity index (χ1v) is 15.0. The van der Waals surface area contributed by atoms with Crippen LogP contribution >= 0.6 is 11.6 Å². The first-order chi connectivity index (χ1) is 21.2. The number of halogens is 3. The first-order valence-electron chi connectivity index (χ1n) is 14.6. The van der Waals surface area contributed by atoms with E-state index in [0.29, 0.717) is 44.1 Å². The maximum Gasteiger partial charge on any atom is 0.291 e. The highest BCUT2D eigenvalue weighted by Gasteiger charge is 2.29. The zero-order valence-electron chi connectivity index (χ0n) is 24.6. The second kappa shape index (κ2) is 13.7. The molecule has 0 saturated carbocycles. The number of rotatable bonds is 8. The van der Waals surface area contributed by atoms with E-state index in [0.717, 1.165) is 25.9 Å². The number of hydrogen-bond acceptors (Lipinski definition) is 6. The maximum absolute atomic E-state index is 14.6. The number of aromatic nitrogens is 2. The summed E-state index contributed by atoms with van der Waals surface area (Å²) in [5, 5.41) is 9.26. The molecular formula is C31H35ClF2N6O4. The van der Waals surface area contributed by atoms with E-state index in [2.05, 4.69) is 20.9 Å². The standard InChI is InChI=1S/C31H35ClF2N6O4/c1-39-24(22-5-6-25(44-2)27(34)26(22)33)17-36-28(39)30(42)38-20-3-4-21(23(32)15-20)31(43)40-13-9-19(10-14-40)29(41)37-16-18-7-11-35-12-8-18/h3-6,15,17-19,35H,7-14,16H2,1-2H3,(H,37,41)(H,38,42). The Bertz CT molecular complexity index is 1550. The van der Waals surface area contributed by atoms with Gasteiger partial charge in [-0.15, -0.1) is 0 Å². The van der Waals surface area contributed by atoms with Crippen molar-refractivity contribution in [3.63, 3.8) is 0 Å². The van der Waals surface area contributed by atoms with Gasteiger partial charge in [0.05, 0.1) is 29.6 Å². The molecule has 5 rings (SSSR count). The summed E-state index contributed by atoms with van der Waals surface area (Å²) in [7, 11) is 2.75. The highest BCUT2D eigenvalue weighted by Crippen LogP contribution is 2.30. The number of ether oxygens (including phenoxy) is 1. The Morgan fingerprint density at radius 3 is 2.48 bits per heavy atom. The van der Waals surface area contributed by atoms with Crippen LogP contribution in [0.4, 0.5) is 14.5 Å². The number of carbonyl (C=O) groups is 3. The summed E-state index contributed by atoms with van der Waals surface area (Å²) in [5.41, 5.74) is 0.725. The monoisotopic (exact) mass is 628 g/mol. The summed E-state index contributed by atoms with van der Waals surface area (Å²) in [6, 6.07) is 7.20. The molecule has 0 atom stereocenters. The molecule has 44 heavy (non-hydrogen) atoms. The van der Waals surface area contributed by atoms with Gasteiger partial charge in [0.15, 0.2) is 17.4 Å². The molecule has 234 valence electrons. The minimum Gasteiger partial charge on any atom is -0.494 e. The predicted molar refractivity (Wildman–Crippen MR) is 162 cm³/mol. The molecule has 3 heterocycles. The molecule has 2 aliphatic rings. The number of likely N-dealkylation sites (tertiary alicyclic amines) is 1. The zero-order chi connectivity index (χ0) is 31.4. The molecule has 10 nitrogen and oxygen atoms in total. The Morgan fingerprint density at radius 1 is 1.07 bits per heavy atom. The lowest BCUT2D eigenvalue weighted by Gasteiger charge is -2.32. The molecule has 0 spiro atoms. The summed E-state index contributed by atoms with van der Waals surface area (Å²) < 4.78 is 35.0. The van der Waals surface area contributed by atoms with Gasteiger partial charge in [-0.25, -0.2) is 9.37 Å². The van der Waals surface area contributed by atoms with Crippen molar-refractivity contribution in [1.29, 1.82) is 0 Å². The van der Waals surface area contributed by atoms with E-state index in [-0.39, 0.29) is 51.1 Å². The Morgan fingerprint density at radius 2 is 1.80 bits per heavy atom. The van der Waals surface area contributed by atoms with Gasteiger partial charge in [-0.1, -0.05) is 11.6 Å². The van der Waals surface area contributed by atoms with Gasteiger partial charge in [-0.05, 0) is 75.0 Å². The molecule has 0 aliphatic carbocycles. The van der Waals surface area contributed by atoms with Gasteiger partial charge in [0.1, 0.15) is 0 Å². The molecule has 13 heteroatoms. The van der Waals surface area contributed by atoms with Crippen LogP contribution in [0.1, 0.15) is 46.7 Å². The van der Waals surface area contributed by atoms with E-state index < -0.39 is 17.5 Å². The molecule has 0 bridgehead atoms. The number of nitrogens with zero attached hydrogens (tertiary/aromatic N) is 3. The maximum atomic E-state index is 14.6. The van der Waals surface area contributed by atoms with Crippen molar-refractivity contribution in [2.75, 3.05) is 45.2 Å². The van der Waals surface area contributed by atoms with Crippen molar-refractivity contribution in [3.8, 4) is 17.0 Å². The van der Waals surface area contributed by atoms with Crippen LogP contribution in [-0.2, 0) is 11.8 Å². The zero-order valence-corrected chi connectivity index (χ0v) is 25.3. The fourth-order valence-corrected chi connectivity index (χ4v) is 5.96. The Kier molecular flexibility index (Phi) is 9.80. The number of amides is 3. The molecule has 1 aromatic heterocycles. The van der Waals surface area contributed by atoms with Gasteiger partial charge >= 0.3 is 0 Å². The molecule has 2 saturated heterocycles. The number of imidazole rings is 1. The number of anilines is 1. The smallest absolute Gasteiger partial charge is 0.291 e. The second-order valence-corrected chi connectivity index (χ2v) is 11.5. The minimum absolute atomic E-state index is 0.0467. The van der Waals surface area contributed by atoms with Crippen LogP contribution in [0, 0.1) is 23.5 Å². The number of hydrogen-bond donors (Lipinski definition) is 3. The van der Waals surface area contributed by atoms with E-state index in [9.17, 15) is 23.2 Å². The number of piperidine rings is 2. The lowest BCUT2D eigenvalue weighted by Crippen LogP contribution is -2.44. The average molecular weight is 629 g/mol. The van der Waals surface area contributed by atoms with Crippen LogP contribution < -0.4 is 20.7 Å². The summed E-state index contributed by atoms with van der Waals surface area (Å²) >= 11 is 6.46. The topological polar surface area (TPSA) is 118 Å². The third-order valence-electron chi connectivity index (χ3n) is 8.37. The fraction of sp³-hybridized carbons (Fsp3) is 0.419. The van der Waals surface area contributed by atoms with Crippen LogP contribution in [0.15, 0.2) is 36.5 Å². The summed E-state index contributed by atoms with van der Waals surface area (Å²) in [6.45, 7) is 3.55. The third kappa shape index (κ3) is 6.71. The van der Waals surface area contributed by atoms with Crippen molar-refractivity contribution in [3.05, 3.63) is 64.6 Å². The molecule has 2 aliphatic heterocycles. The van der Waals surface area contributed by atoms with Crippen molar-refractivity contribution in [2.45, 2.75) is 25.7 Å². The van der Waals surface area contributed by atoms with Gasteiger partial charge in [0, 0.05) is 43.9 Å². The van der Waals surface area contributed by atoms with Gasteiger partial charge < -0.3 is 30.2 Å². The van der Waals surface area contributed by atoms with Crippen molar-refractivity contribution in [2.24, 2.45) is 18.9 Å². The molecule has 0 radical (unpaired) electrons. The average Bonchev–Trinajstić information content (AvgIpc) is 3.42. The van der Waals surface area contributed by atoms with E-state index in [1.165, 1.54) is 49.2 Å². The van der Waals surface area contributed by atoms with Crippen LogP contribution in [0.2, 0.25) is 5.02 Å². The van der Waals surface area contributed by atoms with E-state index in [1.54, 1.807) is 11.0 Å².